The Labute approximate surface area is 94.0 Å². The van der Waals surface area contributed by atoms with Gasteiger partial charge < -0.3 is 15.6 Å². The van der Waals surface area contributed by atoms with E-state index in [2.05, 4.69) is 20.7 Å². The Morgan fingerprint density at radius 1 is 1.47 bits per heavy atom. The van der Waals surface area contributed by atoms with E-state index < -0.39 is 12.7 Å². The zero-order chi connectivity index (χ0) is 11.4. The maximum atomic E-state index is 11.9. The van der Waals surface area contributed by atoms with E-state index in [0.29, 0.717) is 10.0 Å². The average Bonchev–Trinajstić information content (AvgIpc) is 2.16. The van der Waals surface area contributed by atoms with Gasteiger partial charge in [-0.15, -0.1) is 0 Å². The molecule has 3 nitrogen and oxygen atoms in total. The van der Waals surface area contributed by atoms with Crippen molar-refractivity contribution in [1.82, 2.24) is 0 Å². The first kappa shape index (κ1) is 12.4. The first-order chi connectivity index (χ1) is 7.04. The number of hydrogen-bond donors (Lipinski definition) is 2. The Morgan fingerprint density at radius 2 is 2.13 bits per heavy atom. The summed E-state index contributed by atoms with van der Waals surface area (Å²) in [7, 11) is 0. The number of halogens is 3. The fourth-order valence-electron chi connectivity index (χ4n) is 1.08. The second-order valence-corrected chi connectivity index (χ2v) is 3.71. The van der Waals surface area contributed by atoms with Crippen molar-refractivity contribution in [2.45, 2.75) is 12.7 Å². The predicted molar refractivity (Wildman–Crippen MR) is 54.8 cm³/mol. The van der Waals surface area contributed by atoms with E-state index in [9.17, 15) is 8.78 Å². The topological polar surface area (TPSA) is 55.5 Å². The van der Waals surface area contributed by atoms with Gasteiger partial charge in [0.15, 0.2) is 0 Å². The molecule has 0 amide bonds. The Balaban J connectivity index is 2.88. The van der Waals surface area contributed by atoms with Crippen LogP contribution in [0.1, 0.15) is 11.6 Å². The molecule has 1 unspecified atom stereocenters. The lowest BCUT2D eigenvalue weighted by Crippen LogP contribution is -2.15. The average molecular weight is 282 g/mol. The molecule has 0 aromatic heterocycles. The summed E-state index contributed by atoms with van der Waals surface area (Å²) in [6.07, 6.45) is 0. The molecule has 0 aliphatic rings. The summed E-state index contributed by atoms with van der Waals surface area (Å²) in [6.45, 7) is -3.07. The summed E-state index contributed by atoms with van der Waals surface area (Å²) in [5, 5.41) is 8.83. The van der Waals surface area contributed by atoms with Gasteiger partial charge in [-0.2, -0.15) is 8.78 Å². The number of alkyl halides is 2. The van der Waals surface area contributed by atoms with Crippen LogP contribution < -0.4 is 10.5 Å². The van der Waals surface area contributed by atoms with E-state index in [4.69, 9.17) is 10.8 Å². The van der Waals surface area contributed by atoms with Gasteiger partial charge in [0, 0.05) is 4.47 Å². The highest BCUT2D eigenvalue weighted by Crippen LogP contribution is 2.27. The van der Waals surface area contributed by atoms with Gasteiger partial charge in [-0.3, -0.25) is 0 Å². The quantitative estimate of drug-likeness (QED) is 0.888. The maximum Gasteiger partial charge on any atom is 0.387 e. The molecule has 15 heavy (non-hydrogen) atoms. The fourth-order valence-corrected chi connectivity index (χ4v) is 1.73. The molecule has 84 valence electrons. The van der Waals surface area contributed by atoms with E-state index in [0.717, 1.165) is 0 Å². The van der Waals surface area contributed by atoms with Crippen molar-refractivity contribution < 1.29 is 18.6 Å². The third-order valence-corrected chi connectivity index (χ3v) is 2.48. The molecule has 0 aliphatic carbocycles. The SMILES string of the molecule is NC(CO)c1ccc(OC(F)F)cc1Br. The van der Waals surface area contributed by atoms with Gasteiger partial charge >= 0.3 is 6.61 Å². The molecule has 0 radical (unpaired) electrons. The molecule has 1 atom stereocenters. The number of ether oxygens (including phenoxy) is 1. The van der Waals surface area contributed by atoms with Crippen LogP contribution in [-0.2, 0) is 0 Å². The summed E-state index contributed by atoms with van der Waals surface area (Å²) < 4.78 is 28.5. The molecule has 0 spiro atoms. The van der Waals surface area contributed by atoms with Gasteiger partial charge in [-0.1, -0.05) is 22.0 Å². The first-order valence-corrected chi connectivity index (χ1v) is 4.94. The van der Waals surface area contributed by atoms with Crippen molar-refractivity contribution >= 4 is 15.9 Å². The van der Waals surface area contributed by atoms with Crippen LogP contribution in [0.4, 0.5) is 8.78 Å². The van der Waals surface area contributed by atoms with Crippen molar-refractivity contribution in [1.29, 1.82) is 0 Å². The number of benzene rings is 1. The van der Waals surface area contributed by atoms with E-state index in [-0.39, 0.29) is 12.4 Å². The van der Waals surface area contributed by atoms with Crippen LogP contribution in [0.25, 0.3) is 0 Å². The van der Waals surface area contributed by atoms with E-state index in [1.807, 2.05) is 0 Å². The van der Waals surface area contributed by atoms with Crippen LogP contribution in [0.5, 0.6) is 5.75 Å². The predicted octanol–water partition coefficient (Wildman–Crippen LogP) is 2.04. The van der Waals surface area contributed by atoms with Crippen molar-refractivity contribution in [3.8, 4) is 5.75 Å². The van der Waals surface area contributed by atoms with Gasteiger partial charge in [-0.05, 0) is 17.7 Å². The standard InChI is InChI=1S/C9H10BrF2NO2/c10-7-3-5(15-9(11)12)1-2-6(7)8(13)4-14/h1-3,8-9,14H,4,13H2. The summed E-state index contributed by atoms with van der Waals surface area (Å²) in [5.74, 6) is 0.0470. The molecule has 0 bridgehead atoms. The summed E-state index contributed by atoms with van der Waals surface area (Å²) >= 11 is 3.16. The highest BCUT2D eigenvalue weighted by Gasteiger charge is 2.11. The molecular formula is C9H10BrF2NO2. The van der Waals surface area contributed by atoms with Gasteiger partial charge in [0.2, 0.25) is 0 Å². The summed E-state index contributed by atoms with van der Waals surface area (Å²) in [5.41, 5.74) is 6.22. The first-order valence-electron chi connectivity index (χ1n) is 4.15. The van der Waals surface area contributed by atoms with Crippen molar-refractivity contribution in [2.75, 3.05) is 6.61 Å². The Hall–Kier alpha value is -0.720. The number of aliphatic hydroxyl groups is 1. The Kier molecular flexibility index (Phi) is 4.44. The fraction of sp³-hybridized carbons (Fsp3) is 0.333. The lowest BCUT2D eigenvalue weighted by molar-refractivity contribution is -0.0498. The van der Waals surface area contributed by atoms with Crippen LogP contribution in [0, 0.1) is 0 Å². The molecule has 0 aliphatic heterocycles. The highest BCUT2D eigenvalue weighted by molar-refractivity contribution is 9.10. The van der Waals surface area contributed by atoms with Gasteiger partial charge in [0.1, 0.15) is 5.75 Å². The molecule has 1 aromatic carbocycles. The molecule has 6 heteroatoms. The van der Waals surface area contributed by atoms with Gasteiger partial charge in [-0.25, -0.2) is 0 Å². The molecular weight excluding hydrogens is 272 g/mol. The van der Waals surface area contributed by atoms with Crippen LogP contribution in [0.2, 0.25) is 0 Å². The van der Waals surface area contributed by atoms with Crippen LogP contribution in [0.3, 0.4) is 0 Å². The zero-order valence-corrected chi connectivity index (χ0v) is 9.25. The highest BCUT2D eigenvalue weighted by atomic mass is 79.9. The Morgan fingerprint density at radius 3 is 2.60 bits per heavy atom. The largest absolute Gasteiger partial charge is 0.435 e. The lowest BCUT2D eigenvalue weighted by atomic mass is 10.1. The molecule has 0 fully saturated rings. The van der Waals surface area contributed by atoms with Crippen LogP contribution in [-0.4, -0.2) is 18.3 Å². The number of nitrogens with two attached hydrogens (primary N) is 1. The minimum Gasteiger partial charge on any atom is -0.435 e. The summed E-state index contributed by atoms with van der Waals surface area (Å²) in [4.78, 5) is 0. The lowest BCUT2D eigenvalue weighted by Gasteiger charge is -2.12. The molecule has 0 saturated carbocycles. The third-order valence-electron chi connectivity index (χ3n) is 1.79. The zero-order valence-electron chi connectivity index (χ0n) is 7.66. The molecule has 1 aromatic rings. The monoisotopic (exact) mass is 281 g/mol. The second-order valence-electron chi connectivity index (χ2n) is 2.85. The van der Waals surface area contributed by atoms with E-state index in [1.165, 1.54) is 18.2 Å². The third kappa shape index (κ3) is 3.40. The molecule has 3 N–H and O–H groups in total. The molecule has 0 heterocycles. The normalized spacial score (nSPS) is 12.9. The van der Waals surface area contributed by atoms with E-state index >= 15 is 0 Å². The maximum absolute atomic E-state index is 11.9. The van der Waals surface area contributed by atoms with Crippen molar-refractivity contribution in [2.24, 2.45) is 5.73 Å². The van der Waals surface area contributed by atoms with Crippen LogP contribution >= 0.6 is 15.9 Å². The number of hydrogen-bond acceptors (Lipinski definition) is 3. The van der Waals surface area contributed by atoms with Crippen LogP contribution in [0.15, 0.2) is 22.7 Å². The summed E-state index contributed by atoms with van der Waals surface area (Å²) in [6, 6.07) is 3.75. The number of rotatable bonds is 4. The van der Waals surface area contributed by atoms with Gasteiger partial charge in [0.25, 0.3) is 0 Å². The smallest absolute Gasteiger partial charge is 0.387 e. The second kappa shape index (κ2) is 5.39. The van der Waals surface area contributed by atoms with Gasteiger partial charge in [0.05, 0.1) is 12.6 Å². The van der Waals surface area contributed by atoms with E-state index in [1.54, 1.807) is 0 Å². The molecule has 0 saturated heterocycles. The molecule has 1 rings (SSSR count). The minimum atomic E-state index is -2.85. The number of aliphatic hydroxyl groups excluding tert-OH is 1. The Bertz CT molecular complexity index is 336. The van der Waals surface area contributed by atoms with Crippen molar-refractivity contribution in [3.63, 3.8) is 0 Å². The van der Waals surface area contributed by atoms with Crippen molar-refractivity contribution in [3.05, 3.63) is 28.2 Å². The minimum absolute atomic E-state index is 0.0470.